The van der Waals surface area contributed by atoms with Gasteiger partial charge in [0.25, 0.3) is 0 Å². The second kappa shape index (κ2) is 41.0. The van der Waals surface area contributed by atoms with E-state index in [0.717, 1.165) is 165 Å². The maximum absolute atomic E-state index is 14.5. The van der Waals surface area contributed by atoms with Crippen LogP contribution < -0.4 is 16.0 Å². The fraction of sp³-hybridized carbons (Fsp3) is 0.312. The van der Waals surface area contributed by atoms with Crippen molar-refractivity contribution in [1.29, 1.82) is 0 Å². The number of benzene rings is 9. The van der Waals surface area contributed by atoms with Crippen LogP contribution in [0, 0.1) is 6.92 Å². The molecule has 5 saturated heterocycles. The molecular formula is C96H99Cl4N11O9S3. The topological polar surface area (TPSA) is 230 Å². The van der Waals surface area contributed by atoms with Gasteiger partial charge in [-0.1, -0.05) is 191 Å². The minimum Gasteiger partial charge on any atom is -0.383 e. The third-order valence-electron chi connectivity index (χ3n) is 23.3. The Balaban J connectivity index is 0.000000143. The Morgan fingerprint density at radius 1 is 0.415 bits per heavy atom. The zero-order valence-electron chi connectivity index (χ0n) is 68.5. The van der Waals surface area contributed by atoms with E-state index in [1.807, 2.05) is 265 Å². The SMILES string of the molecule is COCCNC(=O)[C@]1(Sc2ccc(C)cc2)CC(=O)N(Cc2ccc(Cl)cc2)[C@H]1c1c[nH]c2cc(Cl)ccc12.O=C1C[C@@](Sc2ccccc2)(C(=O)NCCCN2CCOCC2)[C@H](c2c[nH]c3cc(Cl)ccc23)N1Cc1ccccc1.O=C1C[C@](Sc2ccccc2)(C(=O)NCCCN2CCOCC2)[C@H](c2c[nH]c3cc(Cl)ccc23)N1Cc1ccccc1. The highest BCUT2D eigenvalue weighted by Gasteiger charge is 2.61. The first-order chi connectivity index (χ1) is 59.9. The summed E-state index contributed by atoms with van der Waals surface area (Å²) in [4.78, 5) is 108. The van der Waals surface area contributed by atoms with Crippen LogP contribution in [0.1, 0.15) is 89.2 Å². The van der Waals surface area contributed by atoms with E-state index >= 15 is 0 Å². The Bertz CT molecular complexity index is 5400. The number of likely N-dealkylation sites (tertiary alicyclic amines) is 3. The van der Waals surface area contributed by atoms with Crippen molar-refractivity contribution in [2.45, 2.75) is 106 Å². The molecule has 12 aromatic rings. The number of fused-ring (bicyclic) bond motifs is 3. The number of hydrogen-bond acceptors (Lipinski definition) is 14. The van der Waals surface area contributed by atoms with Crippen molar-refractivity contribution in [3.63, 3.8) is 0 Å². The van der Waals surface area contributed by atoms with Crippen molar-refractivity contribution in [1.82, 2.24) is 55.4 Å². The lowest BCUT2D eigenvalue weighted by atomic mass is 9.91. The number of morpholine rings is 2. The van der Waals surface area contributed by atoms with Crippen molar-refractivity contribution >= 4 is 150 Å². The second-order valence-electron chi connectivity index (χ2n) is 31.5. The monoisotopic (exact) mass is 1790 g/mol. The average molecular weight is 1790 g/mol. The molecule has 638 valence electrons. The molecule has 0 unspecified atom stereocenters. The van der Waals surface area contributed by atoms with E-state index in [2.05, 4.69) is 40.7 Å². The van der Waals surface area contributed by atoms with Gasteiger partial charge in [0.15, 0.2) is 0 Å². The number of nitrogens with zero attached hydrogens (tertiary/aromatic N) is 5. The molecule has 0 bridgehead atoms. The van der Waals surface area contributed by atoms with E-state index in [1.54, 1.807) is 7.11 Å². The maximum atomic E-state index is 14.5. The van der Waals surface area contributed by atoms with E-state index in [-0.39, 0.29) is 54.7 Å². The summed E-state index contributed by atoms with van der Waals surface area (Å²) in [5.41, 5.74) is 9.37. The van der Waals surface area contributed by atoms with Gasteiger partial charge < -0.3 is 59.8 Å². The van der Waals surface area contributed by atoms with Crippen molar-refractivity contribution in [2.24, 2.45) is 0 Å². The average Bonchev–Trinajstić information content (AvgIpc) is 1.58. The Labute approximate surface area is 749 Å². The van der Waals surface area contributed by atoms with Gasteiger partial charge in [0.2, 0.25) is 35.4 Å². The van der Waals surface area contributed by atoms with E-state index < -0.39 is 32.4 Å². The van der Waals surface area contributed by atoms with Crippen LogP contribution in [0.15, 0.2) is 258 Å². The van der Waals surface area contributed by atoms with Gasteiger partial charge in [0.1, 0.15) is 14.2 Å². The number of aromatic amines is 3. The number of ether oxygens (including phenoxy) is 3. The zero-order valence-corrected chi connectivity index (χ0v) is 74.0. The highest BCUT2D eigenvalue weighted by Crippen LogP contribution is 2.58. The highest BCUT2D eigenvalue weighted by molar-refractivity contribution is 8.02. The van der Waals surface area contributed by atoms with Crippen LogP contribution in [-0.2, 0) is 62.6 Å². The van der Waals surface area contributed by atoms with Crippen molar-refractivity contribution in [3.05, 3.63) is 302 Å². The van der Waals surface area contributed by atoms with Gasteiger partial charge in [-0.25, -0.2) is 0 Å². The summed E-state index contributed by atoms with van der Waals surface area (Å²) in [7, 11) is 1.59. The fourth-order valence-corrected chi connectivity index (χ4v) is 22.2. The summed E-state index contributed by atoms with van der Waals surface area (Å²) in [6, 6.07) is 70.7. The Morgan fingerprint density at radius 2 is 0.732 bits per heavy atom. The van der Waals surface area contributed by atoms with E-state index in [9.17, 15) is 28.8 Å². The molecule has 6 amide bonds. The molecule has 0 aliphatic carbocycles. The van der Waals surface area contributed by atoms with Crippen LogP contribution in [0.5, 0.6) is 0 Å². The Hall–Kier alpha value is -9.57. The van der Waals surface area contributed by atoms with E-state index in [4.69, 9.17) is 60.6 Å². The first kappa shape index (κ1) is 88.3. The van der Waals surface area contributed by atoms with Gasteiger partial charge in [-0.15, -0.1) is 35.3 Å². The van der Waals surface area contributed by atoms with Crippen LogP contribution in [0.2, 0.25) is 20.1 Å². The van der Waals surface area contributed by atoms with E-state index in [1.165, 1.54) is 35.3 Å². The molecule has 0 spiro atoms. The number of hydrogen-bond donors (Lipinski definition) is 6. The molecule has 27 heteroatoms. The summed E-state index contributed by atoms with van der Waals surface area (Å²) in [6.45, 7) is 13.4. The number of aryl methyl sites for hydroxylation is 1. The quantitative estimate of drug-likeness (QED) is 0.0240. The van der Waals surface area contributed by atoms with Gasteiger partial charge in [0, 0.05) is 175 Å². The summed E-state index contributed by atoms with van der Waals surface area (Å²) in [5.74, 6) is -0.616. The molecule has 5 fully saturated rings. The normalized spacial score (nSPS) is 20.6. The number of methoxy groups -OCH3 is 1. The number of rotatable bonds is 29. The molecule has 5 aliphatic rings. The van der Waals surface area contributed by atoms with Crippen LogP contribution >= 0.6 is 81.7 Å². The highest BCUT2D eigenvalue weighted by atomic mass is 35.5. The zero-order chi connectivity index (χ0) is 85.5. The van der Waals surface area contributed by atoms with E-state index in [0.29, 0.717) is 66.0 Å². The van der Waals surface area contributed by atoms with Crippen LogP contribution in [0.25, 0.3) is 32.7 Å². The first-order valence-electron chi connectivity index (χ1n) is 41.6. The molecule has 6 N–H and O–H groups in total. The lowest BCUT2D eigenvalue weighted by Gasteiger charge is -2.36. The lowest BCUT2D eigenvalue weighted by molar-refractivity contribution is -0.130. The molecule has 8 heterocycles. The second-order valence-corrected chi connectivity index (χ2v) is 37.4. The number of thioether (sulfide) groups is 3. The molecule has 0 radical (unpaired) electrons. The van der Waals surface area contributed by atoms with Crippen LogP contribution in [0.4, 0.5) is 0 Å². The fourth-order valence-electron chi connectivity index (χ4n) is 17.3. The molecule has 6 atom stereocenters. The van der Waals surface area contributed by atoms with Gasteiger partial charge in [0.05, 0.1) is 70.4 Å². The smallest absolute Gasteiger partial charge is 0.239 e. The van der Waals surface area contributed by atoms with Gasteiger partial charge in [-0.3, -0.25) is 38.6 Å². The number of halogens is 4. The van der Waals surface area contributed by atoms with Gasteiger partial charge in [-0.2, -0.15) is 0 Å². The number of amides is 6. The lowest BCUT2D eigenvalue weighted by Crippen LogP contribution is -2.48. The molecule has 9 aromatic carbocycles. The van der Waals surface area contributed by atoms with Crippen LogP contribution in [-0.4, -0.2) is 188 Å². The number of H-pyrrole nitrogens is 3. The molecule has 0 saturated carbocycles. The first-order valence-corrected chi connectivity index (χ1v) is 45.5. The minimum atomic E-state index is -1.14. The third kappa shape index (κ3) is 20.7. The van der Waals surface area contributed by atoms with Gasteiger partial charge >= 0.3 is 0 Å². The molecule has 123 heavy (non-hydrogen) atoms. The maximum Gasteiger partial charge on any atom is 0.239 e. The Kier molecular flexibility index (Phi) is 29.5. The van der Waals surface area contributed by atoms with Crippen molar-refractivity contribution < 1.29 is 43.0 Å². The number of nitrogens with one attached hydrogen (secondary N) is 6. The molecule has 3 aromatic heterocycles. The number of aromatic nitrogens is 3. The van der Waals surface area contributed by atoms with Gasteiger partial charge in [-0.05, 0) is 134 Å². The minimum absolute atomic E-state index is 0.0425. The predicted molar refractivity (Wildman–Crippen MR) is 492 cm³/mol. The third-order valence-corrected chi connectivity index (χ3v) is 28.5. The van der Waals surface area contributed by atoms with Crippen molar-refractivity contribution in [2.75, 3.05) is 99.0 Å². The Morgan fingerprint density at radius 3 is 1.08 bits per heavy atom. The predicted octanol–water partition coefficient (Wildman–Crippen LogP) is 17.9. The number of carbonyl (C=O) groups is 6. The molecule has 5 aliphatic heterocycles. The van der Waals surface area contributed by atoms with Crippen molar-refractivity contribution in [3.8, 4) is 0 Å². The molecular weight excluding hydrogens is 1690 g/mol. The molecule has 17 rings (SSSR count). The summed E-state index contributed by atoms with van der Waals surface area (Å²) in [5, 5.41) is 14.9. The largest absolute Gasteiger partial charge is 0.383 e. The summed E-state index contributed by atoms with van der Waals surface area (Å²) < 4.78 is 12.8. The standard InChI is InChI=1S/2C33H35ClN4O3S.C30H29Cl2N3O3S/c2*34-25-12-13-27-28(22-36-29(27)20-25)31-33(42-26-10-5-2-6-11-26,21-30(39)38(31)23-24-8-3-1-4-9-24)32(40)35-14-7-15-37-16-18-41-19-17-37;1-19-3-10-23(11-4-19)39-30(29(37)33-13-14-38-2)16-27(36)35(18-20-5-7-21(31)8-6-20)28(30)25-17-34-26-15-22(32)9-12-24(25)26/h2*1-6,8-13,20,22,31,36H,7,14-19,21,23H2,(H,35,40);3-12,15,17,28,34H,13-14,16,18H2,1-2H3,(H,33,37)/t31-,33+;31-,33-;28-,30-/m000/s1. The summed E-state index contributed by atoms with van der Waals surface area (Å²) >= 11 is 29.5. The number of carbonyl (C=O) groups excluding carboxylic acids is 6. The molecule has 20 nitrogen and oxygen atoms in total. The van der Waals surface area contributed by atoms with Crippen LogP contribution in [0.3, 0.4) is 0 Å². The summed E-state index contributed by atoms with van der Waals surface area (Å²) in [6.07, 6.45) is 7.67.